The highest BCUT2D eigenvalue weighted by Crippen LogP contribution is 2.30. The number of carbonyl (C=O) groups excluding carboxylic acids is 1. The van der Waals surface area contributed by atoms with Crippen LogP contribution in [0.4, 0.5) is 8.78 Å². The number of alkyl halides is 3. The van der Waals surface area contributed by atoms with Crippen molar-refractivity contribution in [3.63, 3.8) is 0 Å². The molecule has 3 nitrogen and oxygen atoms in total. The summed E-state index contributed by atoms with van der Waals surface area (Å²) in [6, 6.07) is 0. The smallest absolute Gasteiger partial charge is 0.310 e. The molecule has 0 radical (unpaired) electrons. The largest absolute Gasteiger partial charge is 0.469 e. The number of hydrogen-bond acceptors (Lipinski definition) is 3. The predicted molar refractivity (Wildman–Crippen MR) is 59.5 cm³/mol. The van der Waals surface area contributed by atoms with E-state index in [1.54, 1.807) is 0 Å². The van der Waals surface area contributed by atoms with Gasteiger partial charge in [-0.15, -0.1) is 11.6 Å². The fraction of sp³-hybridized carbons (Fsp3) is 0.400. The molecule has 0 saturated heterocycles. The molecule has 0 fully saturated rings. The van der Waals surface area contributed by atoms with Crippen molar-refractivity contribution >= 4 is 29.2 Å². The highest BCUT2D eigenvalue weighted by molar-refractivity contribution is 6.31. The molecule has 1 heterocycles. The normalized spacial score (nSPS) is 10.7. The summed E-state index contributed by atoms with van der Waals surface area (Å²) in [5.74, 6) is -0.737. The summed E-state index contributed by atoms with van der Waals surface area (Å²) in [6.45, 7) is 0. The molecule has 0 unspecified atom stereocenters. The van der Waals surface area contributed by atoms with E-state index in [2.05, 4.69) is 9.72 Å². The molecule has 0 aromatic carbocycles. The second-order valence-corrected chi connectivity index (χ2v) is 3.77. The number of carbonyl (C=O) groups is 1. The third-order valence-corrected chi connectivity index (χ3v) is 2.79. The first kappa shape index (κ1) is 14.1. The Hall–Kier alpha value is -0.940. The average Bonchev–Trinajstić information content (AvgIpc) is 2.28. The zero-order valence-corrected chi connectivity index (χ0v) is 10.4. The molecule has 7 heteroatoms. The molecule has 0 aliphatic heterocycles. The van der Waals surface area contributed by atoms with E-state index in [9.17, 15) is 13.6 Å². The lowest BCUT2D eigenvalue weighted by molar-refractivity contribution is -0.139. The summed E-state index contributed by atoms with van der Waals surface area (Å²) in [5, 5.41) is 0.0169. The second kappa shape index (κ2) is 6.12. The minimum atomic E-state index is -2.75. The van der Waals surface area contributed by atoms with Crippen LogP contribution < -0.4 is 0 Å². The van der Waals surface area contributed by atoms with Crippen LogP contribution in [0.15, 0.2) is 6.20 Å². The van der Waals surface area contributed by atoms with Gasteiger partial charge in [-0.1, -0.05) is 11.6 Å². The summed E-state index contributed by atoms with van der Waals surface area (Å²) in [4.78, 5) is 14.8. The molecule has 0 aliphatic rings. The number of nitrogens with zero attached hydrogens (tertiary/aromatic N) is 1. The Labute approximate surface area is 107 Å². The Bertz CT molecular complexity index is 427. The molecule has 94 valence electrons. The van der Waals surface area contributed by atoms with Crippen LogP contribution in [0.25, 0.3) is 0 Å². The average molecular weight is 284 g/mol. The number of esters is 1. The summed E-state index contributed by atoms with van der Waals surface area (Å²) < 4.78 is 29.9. The standard InChI is InChI=1S/C10H9Cl2F2NO2/c1-17-8(16)2-5-6(3-11)9(12)15-4-7(5)10(13)14/h4,10H,2-3H2,1H3. The Morgan fingerprint density at radius 3 is 2.65 bits per heavy atom. The zero-order chi connectivity index (χ0) is 13.0. The maximum Gasteiger partial charge on any atom is 0.310 e. The van der Waals surface area contributed by atoms with Crippen LogP contribution in [0.3, 0.4) is 0 Å². The van der Waals surface area contributed by atoms with Gasteiger partial charge in [-0.25, -0.2) is 13.8 Å². The first-order valence-corrected chi connectivity index (χ1v) is 5.49. The van der Waals surface area contributed by atoms with Gasteiger partial charge in [0.2, 0.25) is 0 Å². The number of methoxy groups -OCH3 is 1. The lowest BCUT2D eigenvalue weighted by Crippen LogP contribution is -2.11. The molecule has 1 aromatic heterocycles. The fourth-order valence-electron chi connectivity index (χ4n) is 1.33. The molecular weight excluding hydrogens is 275 g/mol. The minimum Gasteiger partial charge on any atom is -0.469 e. The van der Waals surface area contributed by atoms with E-state index >= 15 is 0 Å². The van der Waals surface area contributed by atoms with Crippen LogP contribution in [0.5, 0.6) is 0 Å². The van der Waals surface area contributed by atoms with E-state index in [0.717, 1.165) is 6.20 Å². The maximum absolute atomic E-state index is 12.8. The molecule has 0 atom stereocenters. The Balaban J connectivity index is 3.28. The maximum atomic E-state index is 12.8. The van der Waals surface area contributed by atoms with E-state index in [4.69, 9.17) is 23.2 Å². The molecule has 1 rings (SSSR count). The highest BCUT2D eigenvalue weighted by atomic mass is 35.5. The van der Waals surface area contributed by atoms with E-state index < -0.39 is 12.4 Å². The van der Waals surface area contributed by atoms with E-state index in [1.807, 2.05) is 0 Å². The van der Waals surface area contributed by atoms with Crippen LogP contribution in [0.2, 0.25) is 5.15 Å². The highest BCUT2D eigenvalue weighted by Gasteiger charge is 2.21. The molecule has 0 spiro atoms. The van der Waals surface area contributed by atoms with Gasteiger partial charge in [-0.05, 0) is 5.56 Å². The van der Waals surface area contributed by atoms with Crippen LogP contribution in [0.1, 0.15) is 23.1 Å². The Morgan fingerprint density at radius 2 is 2.18 bits per heavy atom. The van der Waals surface area contributed by atoms with Crippen molar-refractivity contribution in [2.45, 2.75) is 18.7 Å². The number of ether oxygens (including phenoxy) is 1. The number of pyridine rings is 1. The monoisotopic (exact) mass is 283 g/mol. The third-order valence-electron chi connectivity index (χ3n) is 2.20. The number of rotatable bonds is 4. The Morgan fingerprint density at radius 1 is 1.53 bits per heavy atom. The molecule has 0 amide bonds. The van der Waals surface area contributed by atoms with Crippen molar-refractivity contribution in [2.75, 3.05) is 7.11 Å². The minimum absolute atomic E-state index is 0.0169. The lowest BCUT2D eigenvalue weighted by Gasteiger charge is -2.12. The summed E-state index contributed by atoms with van der Waals surface area (Å²) >= 11 is 11.4. The van der Waals surface area contributed by atoms with Gasteiger partial charge >= 0.3 is 5.97 Å². The van der Waals surface area contributed by atoms with Crippen LogP contribution in [-0.2, 0) is 21.8 Å². The van der Waals surface area contributed by atoms with Crippen molar-refractivity contribution in [1.29, 1.82) is 0 Å². The summed E-state index contributed by atoms with van der Waals surface area (Å²) in [5.41, 5.74) is -0.0335. The molecular formula is C10H9Cl2F2NO2. The van der Waals surface area contributed by atoms with Crippen molar-refractivity contribution in [1.82, 2.24) is 4.98 Å². The van der Waals surface area contributed by atoms with Crippen LogP contribution in [0, 0.1) is 0 Å². The fourth-order valence-corrected chi connectivity index (χ4v) is 1.92. The van der Waals surface area contributed by atoms with Crippen molar-refractivity contribution in [2.24, 2.45) is 0 Å². The van der Waals surface area contributed by atoms with Crippen LogP contribution >= 0.6 is 23.2 Å². The number of hydrogen-bond donors (Lipinski definition) is 0. The molecule has 0 bridgehead atoms. The van der Waals surface area contributed by atoms with E-state index in [-0.39, 0.29) is 34.1 Å². The quantitative estimate of drug-likeness (QED) is 0.484. The predicted octanol–water partition coefficient (Wildman–Crippen LogP) is 3.13. The van der Waals surface area contributed by atoms with Crippen LogP contribution in [-0.4, -0.2) is 18.1 Å². The van der Waals surface area contributed by atoms with Gasteiger partial charge in [0.1, 0.15) is 5.15 Å². The van der Waals surface area contributed by atoms with Gasteiger partial charge < -0.3 is 4.74 Å². The van der Waals surface area contributed by atoms with Gasteiger partial charge in [-0.2, -0.15) is 0 Å². The molecule has 0 N–H and O–H groups in total. The first-order chi connectivity index (χ1) is 8.01. The SMILES string of the molecule is COC(=O)Cc1c(C(F)F)cnc(Cl)c1CCl. The van der Waals surface area contributed by atoms with E-state index in [0.29, 0.717) is 0 Å². The van der Waals surface area contributed by atoms with Gasteiger partial charge in [0.15, 0.2) is 0 Å². The van der Waals surface area contributed by atoms with E-state index in [1.165, 1.54) is 7.11 Å². The van der Waals surface area contributed by atoms with Gasteiger partial charge in [0, 0.05) is 17.3 Å². The van der Waals surface area contributed by atoms with Crippen molar-refractivity contribution in [3.8, 4) is 0 Å². The second-order valence-electron chi connectivity index (χ2n) is 3.15. The number of halogens is 4. The summed E-state index contributed by atoms with van der Waals surface area (Å²) in [6.07, 6.45) is -2.11. The molecule has 0 saturated carbocycles. The lowest BCUT2D eigenvalue weighted by atomic mass is 10.0. The molecule has 17 heavy (non-hydrogen) atoms. The number of aromatic nitrogens is 1. The zero-order valence-electron chi connectivity index (χ0n) is 8.84. The first-order valence-electron chi connectivity index (χ1n) is 4.58. The Kier molecular flexibility index (Phi) is 5.08. The van der Waals surface area contributed by atoms with Gasteiger partial charge in [-0.3, -0.25) is 4.79 Å². The molecule has 1 aromatic rings. The third kappa shape index (κ3) is 3.26. The van der Waals surface area contributed by atoms with Crippen molar-refractivity contribution < 1.29 is 18.3 Å². The summed E-state index contributed by atoms with van der Waals surface area (Å²) in [7, 11) is 1.17. The van der Waals surface area contributed by atoms with Gasteiger partial charge in [0.05, 0.1) is 19.4 Å². The van der Waals surface area contributed by atoms with Crippen molar-refractivity contribution in [3.05, 3.63) is 28.0 Å². The van der Waals surface area contributed by atoms with Gasteiger partial charge in [0.25, 0.3) is 6.43 Å². The molecule has 0 aliphatic carbocycles. The topological polar surface area (TPSA) is 39.2 Å².